The lowest BCUT2D eigenvalue weighted by molar-refractivity contribution is -0.154. The Kier molecular flexibility index (Phi) is 7.12. The summed E-state index contributed by atoms with van der Waals surface area (Å²) in [6.45, 7) is 2.88. The van der Waals surface area contributed by atoms with Crippen molar-refractivity contribution in [2.45, 2.75) is 19.3 Å². The molecular formula is C16H22O7. The molecule has 1 aromatic carbocycles. The van der Waals surface area contributed by atoms with E-state index in [4.69, 9.17) is 28.4 Å². The first-order chi connectivity index (χ1) is 11.2. The second-order valence-corrected chi connectivity index (χ2v) is 4.80. The van der Waals surface area contributed by atoms with Crippen molar-refractivity contribution >= 4 is 5.97 Å². The van der Waals surface area contributed by atoms with Crippen molar-refractivity contribution in [2.24, 2.45) is 0 Å². The molecule has 7 heteroatoms. The molecule has 0 N–H and O–H groups in total. The Balaban J connectivity index is 1.66. The largest absolute Gasteiger partial charge is 0.493 e. The highest BCUT2D eigenvalue weighted by molar-refractivity contribution is 5.70. The summed E-state index contributed by atoms with van der Waals surface area (Å²) in [5.74, 6) is 0.919. The smallest absolute Gasteiger partial charge is 0.332 e. The van der Waals surface area contributed by atoms with Gasteiger partial charge in [-0.25, -0.2) is 4.79 Å². The lowest BCUT2D eigenvalue weighted by Gasteiger charge is -2.14. The third kappa shape index (κ3) is 5.70. The SMILES string of the molecule is CCOC(=O)COCC1OCC(COc2ccccc2OC)O1. The average molecular weight is 326 g/mol. The molecule has 0 amide bonds. The van der Waals surface area contributed by atoms with Crippen molar-refractivity contribution in [2.75, 3.05) is 40.1 Å². The van der Waals surface area contributed by atoms with Gasteiger partial charge in [-0.2, -0.15) is 0 Å². The summed E-state index contributed by atoms with van der Waals surface area (Å²) in [7, 11) is 1.59. The van der Waals surface area contributed by atoms with Crippen LogP contribution in [-0.4, -0.2) is 58.5 Å². The quantitative estimate of drug-likeness (QED) is 0.635. The van der Waals surface area contributed by atoms with Gasteiger partial charge in [0, 0.05) is 0 Å². The van der Waals surface area contributed by atoms with Crippen LogP contribution < -0.4 is 9.47 Å². The van der Waals surface area contributed by atoms with Crippen LogP contribution in [0.15, 0.2) is 24.3 Å². The van der Waals surface area contributed by atoms with Crippen LogP contribution in [0.2, 0.25) is 0 Å². The van der Waals surface area contributed by atoms with Crippen molar-refractivity contribution in [1.29, 1.82) is 0 Å². The predicted molar refractivity (Wildman–Crippen MR) is 80.6 cm³/mol. The first-order valence-corrected chi connectivity index (χ1v) is 7.49. The summed E-state index contributed by atoms with van der Waals surface area (Å²) in [5, 5.41) is 0. The molecule has 1 aliphatic rings. The standard InChI is InChI=1S/C16H22O7/c1-3-20-15(17)10-19-11-16-22-9-12(23-16)8-21-14-7-5-4-6-13(14)18-2/h4-7,12,16H,3,8-11H2,1-2H3. The van der Waals surface area contributed by atoms with E-state index < -0.39 is 12.3 Å². The van der Waals surface area contributed by atoms with Gasteiger partial charge >= 0.3 is 5.97 Å². The molecule has 1 aliphatic heterocycles. The number of methoxy groups -OCH3 is 1. The number of carbonyl (C=O) groups excluding carboxylic acids is 1. The van der Waals surface area contributed by atoms with E-state index in [1.807, 2.05) is 24.3 Å². The molecule has 1 saturated heterocycles. The number of ether oxygens (including phenoxy) is 6. The van der Waals surface area contributed by atoms with Crippen LogP contribution in [0.4, 0.5) is 0 Å². The first-order valence-electron chi connectivity index (χ1n) is 7.49. The maximum absolute atomic E-state index is 11.1. The topological polar surface area (TPSA) is 72.5 Å². The Hall–Kier alpha value is -1.83. The highest BCUT2D eigenvalue weighted by Gasteiger charge is 2.27. The number of rotatable bonds is 9. The molecule has 0 aliphatic carbocycles. The van der Waals surface area contributed by atoms with Crippen molar-refractivity contribution in [3.8, 4) is 11.5 Å². The number of carbonyl (C=O) groups is 1. The fourth-order valence-corrected chi connectivity index (χ4v) is 2.04. The molecule has 128 valence electrons. The minimum atomic E-state index is -0.504. The molecule has 2 rings (SSSR count). The number of hydrogen-bond acceptors (Lipinski definition) is 7. The minimum absolute atomic E-state index is 0.112. The zero-order valence-electron chi connectivity index (χ0n) is 13.4. The molecule has 0 bridgehead atoms. The lowest BCUT2D eigenvalue weighted by Crippen LogP contribution is -2.24. The summed E-state index contributed by atoms with van der Waals surface area (Å²) in [6.07, 6.45) is -0.702. The second-order valence-electron chi connectivity index (χ2n) is 4.80. The molecule has 0 spiro atoms. The van der Waals surface area contributed by atoms with Gasteiger partial charge in [0.15, 0.2) is 17.8 Å². The zero-order chi connectivity index (χ0) is 16.5. The molecule has 0 saturated carbocycles. The molecule has 23 heavy (non-hydrogen) atoms. The summed E-state index contributed by atoms with van der Waals surface area (Å²) in [5.41, 5.74) is 0. The van der Waals surface area contributed by atoms with Crippen LogP contribution in [0, 0.1) is 0 Å². The van der Waals surface area contributed by atoms with Gasteiger partial charge in [0.05, 0.1) is 26.9 Å². The maximum atomic E-state index is 11.1. The van der Waals surface area contributed by atoms with Crippen molar-refractivity contribution < 1.29 is 33.2 Å². The summed E-state index contributed by atoms with van der Waals surface area (Å²) in [6, 6.07) is 7.40. The van der Waals surface area contributed by atoms with Gasteiger partial charge < -0.3 is 28.4 Å². The van der Waals surface area contributed by atoms with E-state index >= 15 is 0 Å². The normalized spacial score (nSPS) is 20.3. The molecule has 2 atom stereocenters. The summed E-state index contributed by atoms with van der Waals surface area (Å²) < 4.78 is 31.9. The molecule has 0 aromatic heterocycles. The van der Waals surface area contributed by atoms with Gasteiger partial charge in [0.1, 0.15) is 19.3 Å². The van der Waals surface area contributed by atoms with Gasteiger partial charge in [-0.05, 0) is 19.1 Å². The van der Waals surface area contributed by atoms with Crippen LogP contribution >= 0.6 is 0 Å². The Bertz CT molecular complexity index is 491. The number of esters is 1. The van der Waals surface area contributed by atoms with E-state index in [0.29, 0.717) is 31.3 Å². The van der Waals surface area contributed by atoms with Gasteiger partial charge in [0.25, 0.3) is 0 Å². The van der Waals surface area contributed by atoms with Gasteiger partial charge in [-0.3, -0.25) is 0 Å². The van der Waals surface area contributed by atoms with Crippen LogP contribution in [0.3, 0.4) is 0 Å². The monoisotopic (exact) mass is 326 g/mol. The molecular weight excluding hydrogens is 304 g/mol. The van der Waals surface area contributed by atoms with E-state index in [1.54, 1.807) is 14.0 Å². The third-order valence-electron chi connectivity index (χ3n) is 3.09. The lowest BCUT2D eigenvalue weighted by atomic mass is 10.3. The number of para-hydroxylation sites is 2. The maximum Gasteiger partial charge on any atom is 0.332 e. The van der Waals surface area contributed by atoms with Gasteiger partial charge in [0.2, 0.25) is 0 Å². The van der Waals surface area contributed by atoms with Crippen molar-refractivity contribution in [3.05, 3.63) is 24.3 Å². The van der Waals surface area contributed by atoms with E-state index in [0.717, 1.165) is 0 Å². The van der Waals surface area contributed by atoms with E-state index in [-0.39, 0.29) is 19.3 Å². The Morgan fingerprint density at radius 1 is 1.26 bits per heavy atom. The van der Waals surface area contributed by atoms with Crippen LogP contribution in [0.5, 0.6) is 11.5 Å². The summed E-state index contributed by atoms with van der Waals surface area (Å²) >= 11 is 0. The third-order valence-corrected chi connectivity index (χ3v) is 3.09. The van der Waals surface area contributed by atoms with E-state index in [2.05, 4.69) is 0 Å². The minimum Gasteiger partial charge on any atom is -0.493 e. The van der Waals surface area contributed by atoms with Crippen molar-refractivity contribution in [3.63, 3.8) is 0 Å². The summed E-state index contributed by atoms with van der Waals surface area (Å²) in [4.78, 5) is 11.1. The van der Waals surface area contributed by atoms with Crippen LogP contribution in [-0.2, 0) is 23.7 Å². The molecule has 1 aromatic rings. The molecule has 1 heterocycles. The fourth-order valence-electron chi connectivity index (χ4n) is 2.04. The number of benzene rings is 1. The highest BCUT2D eigenvalue weighted by Crippen LogP contribution is 2.26. The van der Waals surface area contributed by atoms with Gasteiger partial charge in [-0.15, -0.1) is 0 Å². The molecule has 1 fully saturated rings. The predicted octanol–water partition coefficient (Wildman–Crippen LogP) is 1.40. The second kappa shape index (κ2) is 9.34. The van der Waals surface area contributed by atoms with Crippen molar-refractivity contribution in [1.82, 2.24) is 0 Å². The van der Waals surface area contributed by atoms with Gasteiger partial charge in [-0.1, -0.05) is 12.1 Å². The first kappa shape index (κ1) is 17.5. The Morgan fingerprint density at radius 3 is 2.78 bits per heavy atom. The zero-order valence-corrected chi connectivity index (χ0v) is 13.4. The average Bonchev–Trinajstić information content (AvgIpc) is 3.01. The molecule has 0 radical (unpaired) electrons. The number of hydrogen-bond donors (Lipinski definition) is 0. The van der Waals surface area contributed by atoms with Crippen LogP contribution in [0.25, 0.3) is 0 Å². The molecule has 7 nitrogen and oxygen atoms in total. The van der Waals surface area contributed by atoms with E-state index in [1.165, 1.54) is 0 Å². The highest BCUT2D eigenvalue weighted by atomic mass is 16.7. The van der Waals surface area contributed by atoms with Crippen LogP contribution in [0.1, 0.15) is 6.92 Å². The van der Waals surface area contributed by atoms with E-state index in [9.17, 15) is 4.79 Å². The molecule has 2 unspecified atom stereocenters. The Labute approximate surface area is 135 Å². The fraction of sp³-hybridized carbons (Fsp3) is 0.562. The Morgan fingerprint density at radius 2 is 2.04 bits per heavy atom.